The monoisotopic (exact) mass is 293 g/mol. The summed E-state index contributed by atoms with van der Waals surface area (Å²) in [6.07, 6.45) is -1.35. The molecular weight excluding hydrogens is 283 g/mol. The fraction of sp³-hybridized carbons (Fsp3) is 0.154. The van der Waals surface area contributed by atoms with E-state index in [1.807, 2.05) is 0 Å². The van der Waals surface area contributed by atoms with Crippen molar-refractivity contribution in [2.45, 2.75) is 12.7 Å². The summed E-state index contributed by atoms with van der Waals surface area (Å²) in [6.45, 7) is 0.357. The number of benzene rings is 1. The van der Waals surface area contributed by atoms with Crippen LogP contribution in [0.5, 0.6) is 0 Å². The van der Waals surface area contributed by atoms with Gasteiger partial charge in [-0.3, -0.25) is 5.10 Å². The Morgan fingerprint density at radius 3 is 2.57 bits per heavy atom. The number of hydrogen-bond donors (Lipinski definition) is 2. The molecule has 2 N–H and O–H groups in total. The molecule has 0 radical (unpaired) electrons. The van der Waals surface area contributed by atoms with E-state index in [1.165, 1.54) is 18.5 Å². The van der Waals surface area contributed by atoms with E-state index in [0.29, 0.717) is 18.0 Å². The lowest BCUT2D eigenvalue weighted by molar-refractivity contribution is -0.137. The van der Waals surface area contributed by atoms with E-state index < -0.39 is 11.7 Å². The highest BCUT2D eigenvalue weighted by molar-refractivity contribution is 5.85. The molecule has 0 fully saturated rings. The minimum Gasteiger partial charge on any atom is -0.365 e. The number of aromatic nitrogens is 4. The summed E-state index contributed by atoms with van der Waals surface area (Å²) in [4.78, 5) is 8.09. The molecule has 0 aliphatic rings. The second-order valence-corrected chi connectivity index (χ2v) is 4.40. The van der Waals surface area contributed by atoms with Gasteiger partial charge in [0.15, 0.2) is 5.65 Å². The lowest BCUT2D eigenvalue weighted by atomic mass is 10.1. The summed E-state index contributed by atoms with van der Waals surface area (Å²) >= 11 is 0. The fourth-order valence-corrected chi connectivity index (χ4v) is 1.90. The number of anilines is 1. The lowest BCUT2D eigenvalue weighted by Gasteiger charge is -2.09. The lowest BCUT2D eigenvalue weighted by Crippen LogP contribution is -2.06. The zero-order valence-corrected chi connectivity index (χ0v) is 10.6. The minimum atomic E-state index is -4.32. The van der Waals surface area contributed by atoms with Gasteiger partial charge in [-0.15, -0.1) is 0 Å². The molecule has 5 nitrogen and oxygen atoms in total. The second kappa shape index (κ2) is 5.04. The maximum Gasteiger partial charge on any atom is 0.416 e. The first-order valence-corrected chi connectivity index (χ1v) is 6.08. The molecule has 3 rings (SSSR count). The van der Waals surface area contributed by atoms with Crippen LogP contribution in [0.2, 0.25) is 0 Å². The Labute approximate surface area is 117 Å². The van der Waals surface area contributed by atoms with Gasteiger partial charge >= 0.3 is 6.18 Å². The molecule has 0 bridgehead atoms. The first kappa shape index (κ1) is 13.3. The molecule has 21 heavy (non-hydrogen) atoms. The van der Waals surface area contributed by atoms with E-state index in [4.69, 9.17) is 0 Å². The molecule has 0 aliphatic carbocycles. The van der Waals surface area contributed by atoms with Gasteiger partial charge in [-0.25, -0.2) is 9.97 Å². The number of nitrogens with one attached hydrogen (secondary N) is 2. The highest BCUT2D eigenvalue weighted by Crippen LogP contribution is 2.29. The van der Waals surface area contributed by atoms with Crippen molar-refractivity contribution in [1.29, 1.82) is 0 Å². The Bertz CT molecular complexity index is 748. The standard InChI is InChI=1S/C13H10F3N5/c14-13(15,16)9-3-1-8(2-4-9)5-17-11-10-6-20-21-12(10)19-7-18-11/h1-4,6-7H,5H2,(H2,17,18,19,20,21). The smallest absolute Gasteiger partial charge is 0.365 e. The minimum absolute atomic E-state index is 0.357. The van der Waals surface area contributed by atoms with Crippen LogP contribution in [-0.2, 0) is 12.7 Å². The van der Waals surface area contributed by atoms with Gasteiger partial charge in [0.25, 0.3) is 0 Å². The number of halogens is 3. The van der Waals surface area contributed by atoms with Crippen molar-refractivity contribution in [1.82, 2.24) is 20.2 Å². The van der Waals surface area contributed by atoms with Crippen molar-refractivity contribution >= 4 is 16.9 Å². The quantitative estimate of drug-likeness (QED) is 0.779. The van der Waals surface area contributed by atoms with E-state index in [9.17, 15) is 13.2 Å². The summed E-state index contributed by atoms with van der Waals surface area (Å²) in [6, 6.07) is 4.99. The molecule has 0 amide bonds. The van der Waals surface area contributed by atoms with Crippen LogP contribution in [0.3, 0.4) is 0 Å². The molecule has 3 aromatic rings. The van der Waals surface area contributed by atoms with Crippen molar-refractivity contribution in [3.05, 3.63) is 47.9 Å². The molecule has 2 aromatic heterocycles. The van der Waals surface area contributed by atoms with E-state index in [1.54, 1.807) is 6.20 Å². The summed E-state index contributed by atoms with van der Waals surface area (Å²) in [7, 11) is 0. The highest BCUT2D eigenvalue weighted by Gasteiger charge is 2.29. The molecule has 0 saturated carbocycles. The van der Waals surface area contributed by atoms with Crippen LogP contribution in [0.25, 0.3) is 11.0 Å². The summed E-state index contributed by atoms with van der Waals surface area (Å²) < 4.78 is 37.4. The van der Waals surface area contributed by atoms with Crippen molar-refractivity contribution in [3.8, 4) is 0 Å². The van der Waals surface area contributed by atoms with E-state index in [0.717, 1.165) is 23.1 Å². The van der Waals surface area contributed by atoms with Gasteiger partial charge in [0.1, 0.15) is 12.1 Å². The van der Waals surface area contributed by atoms with Crippen molar-refractivity contribution in [2.24, 2.45) is 0 Å². The van der Waals surface area contributed by atoms with E-state index >= 15 is 0 Å². The molecular formula is C13H10F3N5. The Morgan fingerprint density at radius 2 is 1.86 bits per heavy atom. The maximum atomic E-state index is 12.5. The Kier molecular flexibility index (Phi) is 3.20. The molecule has 1 aromatic carbocycles. The van der Waals surface area contributed by atoms with E-state index in [-0.39, 0.29) is 0 Å². The number of rotatable bonds is 3. The third-order valence-corrected chi connectivity index (χ3v) is 2.99. The third kappa shape index (κ3) is 2.78. The Morgan fingerprint density at radius 1 is 1.10 bits per heavy atom. The van der Waals surface area contributed by atoms with Crippen molar-refractivity contribution in [2.75, 3.05) is 5.32 Å². The van der Waals surface area contributed by atoms with Crippen LogP contribution >= 0.6 is 0 Å². The molecule has 8 heteroatoms. The average Bonchev–Trinajstić information content (AvgIpc) is 2.93. The predicted octanol–water partition coefficient (Wildman–Crippen LogP) is 2.98. The van der Waals surface area contributed by atoms with Crippen LogP contribution in [0.15, 0.2) is 36.8 Å². The number of nitrogens with zero attached hydrogens (tertiary/aromatic N) is 3. The maximum absolute atomic E-state index is 12.5. The van der Waals surface area contributed by atoms with Gasteiger partial charge in [-0.2, -0.15) is 18.3 Å². The van der Waals surface area contributed by atoms with Gasteiger partial charge in [0, 0.05) is 6.54 Å². The fourth-order valence-electron chi connectivity index (χ4n) is 1.90. The largest absolute Gasteiger partial charge is 0.416 e. The van der Waals surface area contributed by atoms with Crippen LogP contribution in [0.1, 0.15) is 11.1 Å². The SMILES string of the molecule is FC(F)(F)c1ccc(CNc2ncnc3[nH]ncc23)cc1. The zero-order valence-electron chi connectivity index (χ0n) is 10.6. The van der Waals surface area contributed by atoms with Crippen LogP contribution in [-0.4, -0.2) is 20.2 Å². The summed E-state index contributed by atoms with van der Waals surface area (Å²) in [5, 5.41) is 10.4. The second-order valence-electron chi connectivity index (χ2n) is 4.40. The average molecular weight is 293 g/mol. The molecule has 2 heterocycles. The molecule has 108 valence electrons. The normalized spacial score (nSPS) is 11.8. The molecule has 0 saturated heterocycles. The van der Waals surface area contributed by atoms with Gasteiger partial charge in [0.05, 0.1) is 17.1 Å². The number of alkyl halides is 3. The van der Waals surface area contributed by atoms with Crippen molar-refractivity contribution < 1.29 is 13.2 Å². The number of aromatic amines is 1. The molecule has 0 aliphatic heterocycles. The first-order valence-electron chi connectivity index (χ1n) is 6.08. The van der Waals surface area contributed by atoms with Gasteiger partial charge in [-0.1, -0.05) is 12.1 Å². The topological polar surface area (TPSA) is 66.5 Å². The Balaban J connectivity index is 1.74. The van der Waals surface area contributed by atoms with E-state index in [2.05, 4.69) is 25.5 Å². The summed E-state index contributed by atoms with van der Waals surface area (Å²) in [5.41, 5.74) is 0.656. The number of fused-ring (bicyclic) bond motifs is 1. The van der Waals surface area contributed by atoms with Gasteiger partial charge < -0.3 is 5.32 Å². The van der Waals surface area contributed by atoms with Gasteiger partial charge in [0.2, 0.25) is 0 Å². The zero-order chi connectivity index (χ0) is 14.9. The third-order valence-electron chi connectivity index (χ3n) is 2.99. The molecule has 0 unspecified atom stereocenters. The first-order chi connectivity index (χ1) is 10.0. The van der Waals surface area contributed by atoms with Crippen LogP contribution in [0, 0.1) is 0 Å². The van der Waals surface area contributed by atoms with Crippen molar-refractivity contribution in [3.63, 3.8) is 0 Å². The number of hydrogen-bond acceptors (Lipinski definition) is 4. The number of H-pyrrole nitrogens is 1. The highest BCUT2D eigenvalue weighted by atomic mass is 19.4. The van der Waals surface area contributed by atoms with Gasteiger partial charge in [-0.05, 0) is 17.7 Å². The summed E-state index contributed by atoms with van der Waals surface area (Å²) in [5.74, 6) is 0.577. The molecule has 0 atom stereocenters. The van der Waals surface area contributed by atoms with Crippen LogP contribution in [0.4, 0.5) is 19.0 Å². The Hall–Kier alpha value is -2.64. The predicted molar refractivity (Wildman–Crippen MR) is 70.5 cm³/mol. The molecule has 0 spiro atoms. The van der Waals surface area contributed by atoms with Crippen LogP contribution < -0.4 is 5.32 Å².